The van der Waals surface area contributed by atoms with Gasteiger partial charge in [-0.15, -0.1) is 0 Å². The van der Waals surface area contributed by atoms with Gasteiger partial charge in [-0.1, -0.05) is 12.1 Å². The van der Waals surface area contributed by atoms with E-state index in [9.17, 15) is 10.0 Å². The zero-order chi connectivity index (χ0) is 17.7. The first-order valence-electron chi connectivity index (χ1n) is 9.70. The second-order valence-corrected chi connectivity index (χ2v) is 8.68. The van der Waals surface area contributed by atoms with Crippen LogP contribution in [0.2, 0.25) is 0 Å². The third-order valence-corrected chi connectivity index (χ3v) is 6.86. The summed E-state index contributed by atoms with van der Waals surface area (Å²) in [5.41, 5.74) is 3.14. The van der Waals surface area contributed by atoms with Gasteiger partial charge in [0.2, 0.25) is 0 Å². The Balaban J connectivity index is 1.33. The summed E-state index contributed by atoms with van der Waals surface area (Å²) >= 11 is 0. The Hall–Kier alpha value is -2.36. The summed E-state index contributed by atoms with van der Waals surface area (Å²) < 4.78 is 0.678. The van der Waals surface area contributed by atoms with Crippen molar-refractivity contribution in [1.82, 2.24) is 0 Å². The van der Waals surface area contributed by atoms with Gasteiger partial charge in [-0.3, -0.25) is 4.79 Å². The van der Waals surface area contributed by atoms with Crippen molar-refractivity contribution in [2.24, 2.45) is 17.8 Å². The van der Waals surface area contributed by atoms with Gasteiger partial charge in [-0.2, -0.15) is 4.73 Å². The second-order valence-electron chi connectivity index (χ2n) is 8.68. The number of hydrogen-bond acceptors (Lipinski definition) is 2. The fourth-order valence-electron chi connectivity index (χ4n) is 6.14. The van der Waals surface area contributed by atoms with E-state index in [0.717, 1.165) is 23.4 Å². The average molecular weight is 348 g/mol. The van der Waals surface area contributed by atoms with Crippen LogP contribution < -0.4 is 10.0 Å². The minimum Gasteiger partial charge on any atom is -0.619 e. The molecule has 4 fully saturated rings. The van der Waals surface area contributed by atoms with Crippen molar-refractivity contribution >= 4 is 11.6 Å². The molecule has 2 aromatic rings. The van der Waals surface area contributed by atoms with Crippen LogP contribution in [0.5, 0.6) is 0 Å². The normalized spacial score (nSPS) is 31.8. The van der Waals surface area contributed by atoms with Crippen molar-refractivity contribution in [2.75, 3.05) is 5.32 Å². The molecule has 0 aliphatic heterocycles. The number of amides is 1. The van der Waals surface area contributed by atoms with E-state index in [1.165, 1.54) is 68.6 Å². The van der Waals surface area contributed by atoms with E-state index >= 15 is 0 Å². The topological polar surface area (TPSA) is 56.0 Å². The molecule has 4 heteroatoms. The standard InChI is InChI=1S/C22H24N2O2/c25-21(18-5-7-24(26)8-6-18)23-20-3-1-19(2-4-20)22-12-15-9-16(13-22)11-17(10-15)14-22/h1-8,15-17H,9-14H2,(H,23,25). The molecule has 0 atom stereocenters. The molecule has 4 aliphatic rings. The van der Waals surface area contributed by atoms with E-state index in [4.69, 9.17) is 0 Å². The summed E-state index contributed by atoms with van der Waals surface area (Å²) in [5, 5.41) is 14.0. The second kappa shape index (κ2) is 5.83. The fourth-order valence-corrected chi connectivity index (χ4v) is 6.14. The molecule has 1 aromatic carbocycles. The highest BCUT2D eigenvalue weighted by Crippen LogP contribution is 2.60. The molecule has 0 spiro atoms. The first-order valence-corrected chi connectivity index (χ1v) is 9.70. The summed E-state index contributed by atoms with van der Waals surface area (Å²) in [6, 6.07) is 11.6. The first kappa shape index (κ1) is 15.9. The van der Waals surface area contributed by atoms with Crippen LogP contribution in [0.15, 0.2) is 48.8 Å². The highest BCUT2D eigenvalue weighted by molar-refractivity contribution is 6.04. The Morgan fingerprint density at radius 2 is 1.46 bits per heavy atom. The van der Waals surface area contributed by atoms with Gasteiger partial charge in [0.05, 0.1) is 5.56 Å². The fraction of sp³-hybridized carbons (Fsp3) is 0.455. The average Bonchev–Trinajstić information content (AvgIpc) is 2.61. The molecule has 0 radical (unpaired) electrons. The number of rotatable bonds is 3. The van der Waals surface area contributed by atoms with E-state index < -0.39 is 0 Å². The largest absolute Gasteiger partial charge is 0.619 e. The molecule has 6 rings (SSSR count). The molecule has 4 bridgehead atoms. The number of aromatic nitrogens is 1. The van der Waals surface area contributed by atoms with Gasteiger partial charge in [0.15, 0.2) is 12.4 Å². The molecule has 1 heterocycles. The predicted molar refractivity (Wildman–Crippen MR) is 99.6 cm³/mol. The Kier molecular flexibility index (Phi) is 3.56. The molecule has 4 nitrogen and oxygen atoms in total. The Bertz CT molecular complexity index is 791. The van der Waals surface area contributed by atoms with Gasteiger partial charge in [-0.25, -0.2) is 0 Å². The first-order chi connectivity index (χ1) is 12.6. The summed E-state index contributed by atoms with van der Waals surface area (Å²) in [6.45, 7) is 0. The third-order valence-electron chi connectivity index (χ3n) is 6.86. The lowest BCUT2D eigenvalue weighted by Gasteiger charge is -2.57. The quantitative estimate of drug-likeness (QED) is 0.672. The molecular formula is C22H24N2O2. The van der Waals surface area contributed by atoms with Crippen molar-refractivity contribution in [1.29, 1.82) is 0 Å². The number of nitrogens with one attached hydrogen (secondary N) is 1. The van der Waals surface area contributed by atoms with Crippen molar-refractivity contribution in [2.45, 2.75) is 43.9 Å². The smallest absolute Gasteiger partial charge is 0.256 e. The van der Waals surface area contributed by atoms with Gasteiger partial charge in [0.1, 0.15) is 0 Å². The number of carbonyl (C=O) groups is 1. The molecule has 1 amide bonds. The maximum absolute atomic E-state index is 12.3. The number of hydrogen-bond donors (Lipinski definition) is 1. The van der Waals surface area contributed by atoms with Crippen LogP contribution in [0.4, 0.5) is 5.69 Å². The molecule has 1 N–H and O–H groups in total. The van der Waals surface area contributed by atoms with Gasteiger partial charge < -0.3 is 10.5 Å². The van der Waals surface area contributed by atoms with Gasteiger partial charge in [0.25, 0.3) is 5.91 Å². The van der Waals surface area contributed by atoms with E-state index in [2.05, 4.69) is 17.4 Å². The van der Waals surface area contributed by atoms with Crippen LogP contribution in [0, 0.1) is 23.0 Å². The lowest BCUT2D eigenvalue weighted by atomic mass is 9.48. The van der Waals surface area contributed by atoms with E-state index in [-0.39, 0.29) is 5.91 Å². The van der Waals surface area contributed by atoms with Crippen LogP contribution in [0.1, 0.15) is 54.4 Å². The van der Waals surface area contributed by atoms with E-state index in [1.807, 2.05) is 12.1 Å². The predicted octanol–water partition coefficient (Wildman–Crippen LogP) is 4.04. The Labute approximate surface area is 153 Å². The lowest BCUT2D eigenvalue weighted by molar-refractivity contribution is -0.605. The van der Waals surface area contributed by atoms with Crippen molar-refractivity contribution in [3.8, 4) is 0 Å². The highest BCUT2D eigenvalue weighted by Gasteiger charge is 2.51. The monoisotopic (exact) mass is 348 g/mol. The number of pyridine rings is 1. The number of carbonyl (C=O) groups excluding carboxylic acids is 1. The summed E-state index contributed by atoms with van der Waals surface area (Å²) in [6.07, 6.45) is 11.1. The van der Waals surface area contributed by atoms with Gasteiger partial charge in [-0.05, 0) is 79.4 Å². The van der Waals surface area contributed by atoms with Crippen molar-refractivity contribution < 1.29 is 9.52 Å². The van der Waals surface area contributed by atoms with E-state index in [1.54, 1.807) is 0 Å². The van der Waals surface area contributed by atoms with Crippen molar-refractivity contribution in [3.05, 3.63) is 65.1 Å². The number of benzene rings is 1. The van der Waals surface area contributed by atoms with Crippen LogP contribution in [0.25, 0.3) is 0 Å². The minimum absolute atomic E-state index is 0.187. The third kappa shape index (κ3) is 2.68. The summed E-state index contributed by atoms with van der Waals surface area (Å²) in [4.78, 5) is 12.3. The molecule has 0 unspecified atom stereocenters. The van der Waals surface area contributed by atoms with Gasteiger partial charge >= 0.3 is 0 Å². The van der Waals surface area contributed by atoms with Crippen molar-refractivity contribution in [3.63, 3.8) is 0 Å². The number of nitrogens with zero attached hydrogens (tertiary/aromatic N) is 1. The maximum atomic E-state index is 12.3. The zero-order valence-corrected chi connectivity index (χ0v) is 14.9. The van der Waals surface area contributed by atoms with Crippen LogP contribution >= 0.6 is 0 Å². The Morgan fingerprint density at radius 1 is 0.923 bits per heavy atom. The van der Waals surface area contributed by atoms with Crippen LogP contribution in [-0.2, 0) is 5.41 Å². The molecule has 4 aliphatic carbocycles. The van der Waals surface area contributed by atoms with Gasteiger partial charge in [0, 0.05) is 17.8 Å². The molecule has 1 aromatic heterocycles. The molecular weight excluding hydrogens is 324 g/mol. The molecule has 0 saturated heterocycles. The zero-order valence-electron chi connectivity index (χ0n) is 14.9. The Morgan fingerprint density at radius 3 is 2.00 bits per heavy atom. The van der Waals surface area contributed by atoms with E-state index in [0.29, 0.717) is 15.7 Å². The minimum atomic E-state index is -0.187. The molecule has 134 valence electrons. The van der Waals surface area contributed by atoms with Crippen LogP contribution in [0.3, 0.4) is 0 Å². The maximum Gasteiger partial charge on any atom is 0.256 e. The summed E-state index contributed by atoms with van der Waals surface area (Å²) in [5.74, 6) is 2.61. The van der Waals surface area contributed by atoms with Crippen LogP contribution in [-0.4, -0.2) is 5.91 Å². The lowest BCUT2D eigenvalue weighted by Crippen LogP contribution is -2.48. The molecule has 26 heavy (non-hydrogen) atoms. The molecule has 4 saturated carbocycles. The summed E-state index contributed by atoms with van der Waals surface area (Å²) in [7, 11) is 0. The SMILES string of the molecule is O=C(Nc1ccc(C23CC4CC(CC(C4)C2)C3)cc1)c1cc[n+]([O-])cc1. The highest BCUT2D eigenvalue weighted by atomic mass is 16.5. The number of anilines is 1.